The summed E-state index contributed by atoms with van der Waals surface area (Å²) in [6.07, 6.45) is 1.83. The highest BCUT2D eigenvalue weighted by Gasteiger charge is 2.13. The third-order valence-electron chi connectivity index (χ3n) is 4.13. The molecule has 0 heterocycles. The summed E-state index contributed by atoms with van der Waals surface area (Å²) >= 11 is 6.40. The van der Waals surface area contributed by atoms with E-state index < -0.39 is 0 Å². The molecule has 0 saturated carbocycles. The van der Waals surface area contributed by atoms with E-state index in [4.69, 9.17) is 21.1 Å². The van der Waals surface area contributed by atoms with Crippen LogP contribution < -0.4 is 9.47 Å². The van der Waals surface area contributed by atoms with Crippen molar-refractivity contribution >= 4 is 34.0 Å². The highest BCUT2D eigenvalue weighted by atomic mass is 35.5. The van der Waals surface area contributed by atoms with Gasteiger partial charge in [0.1, 0.15) is 0 Å². The number of rotatable bonds is 6. The monoisotopic (exact) mass is 377 g/mol. The normalized spacial score (nSPS) is 11.3. The Kier molecular flexibility index (Phi) is 6.01. The second-order valence-electron chi connectivity index (χ2n) is 5.89. The van der Waals surface area contributed by atoms with Gasteiger partial charge in [0.15, 0.2) is 11.5 Å². The van der Waals surface area contributed by atoms with Crippen LogP contribution in [0.2, 0.25) is 5.02 Å². The van der Waals surface area contributed by atoms with Gasteiger partial charge in [0.05, 0.1) is 29.9 Å². The van der Waals surface area contributed by atoms with Crippen LogP contribution in [0.5, 0.6) is 11.5 Å². The number of nitriles is 1. The van der Waals surface area contributed by atoms with Crippen LogP contribution in [0.15, 0.2) is 54.6 Å². The largest absolute Gasteiger partial charge is 0.490 e. The summed E-state index contributed by atoms with van der Waals surface area (Å²) in [5.74, 6) is 1.11. The molecule has 4 heteroatoms. The zero-order valence-electron chi connectivity index (χ0n) is 15.3. The number of halogens is 1. The fraction of sp³-hybridized carbons (Fsp3) is 0.174. The minimum atomic E-state index is 0.462. The molecule has 3 rings (SSSR count). The first-order chi connectivity index (χ1) is 13.2. The molecule has 0 aliphatic heterocycles. The number of nitrogens with zero attached hydrogens (tertiary/aromatic N) is 1. The van der Waals surface area contributed by atoms with E-state index in [0.29, 0.717) is 35.3 Å². The lowest BCUT2D eigenvalue weighted by atomic mass is 9.97. The Labute approximate surface area is 164 Å². The van der Waals surface area contributed by atoms with E-state index in [2.05, 4.69) is 6.07 Å². The van der Waals surface area contributed by atoms with Crippen LogP contribution in [0.4, 0.5) is 0 Å². The lowest BCUT2D eigenvalue weighted by Gasteiger charge is -2.13. The topological polar surface area (TPSA) is 42.2 Å². The molecule has 3 aromatic carbocycles. The molecular formula is C23H20ClNO2. The highest BCUT2D eigenvalue weighted by molar-refractivity contribution is 6.32. The molecule has 0 N–H and O–H groups in total. The summed E-state index contributed by atoms with van der Waals surface area (Å²) in [6, 6.07) is 19.9. The maximum atomic E-state index is 9.77. The zero-order chi connectivity index (χ0) is 19.2. The molecule has 0 saturated heterocycles. The molecule has 0 amide bonds. The first-order valence-corrected chi connectivity index (χ1v) is 9.24. The van der Waals surface area contributed by atoms with Crippen LogP contribution in [-0.2, 0) is 0 Å². The fourth-order valence-corrected chi connectivity index (χ4v) is 3.29. The van der Waals surface area contributed by atoms with Crippen LogP contribution >= 0.6 is 11.6 Å². The number of fused-ring (bicyclic) bond motifs is 1. The number of ether oxygens (including phenoxy) is 2. The third-order valence-corrected chi connectivity index (χ3v) is 4.41. The lowest BCUT2D eigenvalue weighted by molar-refractivity contribution is 0.288. The Morgan fingerprint density at radius 1 is 1.04 bits per heavy atom. The number of hydrogen-bond acceptors (Lipinski definition) is 3. The average Bonchev–Trinajstić information content (AvgIpc) is 2.68. The van der Waals surface area contributed by atoms with Gasteiger partial charge in [0, 0.05) is 5.56 Å². The Bertz CT molecular complexity index is 1030. The molecule has 0 atom stereocenters. The number of hydrogen-bond donors (Lipinski definition) is 0. The maximum absolute atomic E-state index is 9.77. The summed E-state index contributed by atoms with van der Waals surface area (Å²) in [6.45, 7) is 4.80. The molecule has 0 fully saturated rings. The Balaban J connectivity index is 2.12. The van der Waals surface area contributed by atoms with E-state index in [-0.39, 0.29) is 0 Å². The van der Waals surface area contributed by atoms with Crippen LogP contribution in [0.3, 0.4) is 0 Å². The Hall–Kier alpha value is -2.96. The molecule has 0 unspecified atom stereocenters. The molecular weight excluding hydrogens is 358 g/mol. The summed E-state index contributed by atoms with van der Waals surface area (Å²) < 4.78 is 11.3. The van der Waals surface area contributed by atoms with Crippen LogP contribution in [-0.4, -0.2) is 13.2 Å². The van der Waals surface area contributed by atoms with Crippen molar-refractivity contribution in [2.45, 2.75) is 13.8 Å². The molecule has 0 aromatic heterocycles. The minimum Gasteiger partial charge on any atom is -0.490 e. The summed E-state index contributed by atoms with van der Waals surface area (Å²) in [5, 5.41) is 12.4. The highest BCUT2D eigenvalue weighted by Crippen LogP contribution is 2.38. The van der Waals surface area contributed by atoms with Gasteiger partial charge >= 0.3 is 0 Å². The quantitative estimate of drug-likeness (QED) is 0.371. The number of allylic oxidation sites excluding steroid dienone is 1. The second kappa shape index (κ2) is 8.62. The Morgan fingerprint density at radius 3 is 2.52 bits per heavy atom. The fourth-order valence-electron chi connectivity index (χ4n) is 3.02. The van der Waals surface area contributed by atoms with Gasteiger partial charge in [-0.3, -0.25) is 0 Å². The molecule has 0 spiro atoms. The Morgan fingerprint density at radius 2 is 1.78 bits per heavy atom. The molecule has 3 nitrogen and oxygen atoms in total. The third kappa shape index (κ3) is 4.07. The average molecular weight is 378 g/mol. The van der Waals surface area contributed by atoms with Crippen molar-refractivity contribution in [3.05, 3.63) is 70.7 Å². The van der Waals surface area contributed by atoms with E-state index in [1.807, 2.05) is 68.5 Å². The van der Waals surface area contributed by atoms with Crippen LogP contribution in [0, 0.1) is 11.3 Å². The predicted molar refractivity (Wildman–Crippen MR) is 111 cm³/mol. The van der Waals surface area contributed by atoms with Crippen molar-refractivity contribution in [3.63, 3.8) is 0 Å². The minimum absolute atomic E-state index is 0.462. The van der Waals surface area contributed by atoms with E-state index in [1.165, 1.54) is 0 Å². The van der Waals surface area contributed by atoms with Crippen molar-refractivity contribution < 1.29 is 9.47 Å². The van der Waals surface area contributed by atoms with Crippen LogP contribution in [0.1, 0.15) is 25.0 Å². The molecule has 0 radical (unpaired) electrons. The summed E-state index contributed by atoms with van der Waals surface area (Å²) in [7, 11) is 0. The van der Waals surface area contributed by atoms with Gasteiger partial charge in [0.2, 0.25) is 0 Å². The molecule has 3 aromatic rings. The first kappa shape index (κ1) is 18.8. The van der Waals surface area contributed by atoms with Gasteiger partial charge in [0.25, 0.3) is 0 Å². The molecule has 27 heavy (non-hydrogen) atoms. The number of benzene rings is 3. The smallest absolute Gasteiger partial charge is 0.179 e. The summed E-state index contributed by atoms with van der Waals surface area (Å²) in [5.41, 5.74) is 2.24. The van der Waals surface area contributed by atoms with Gasteiger partial charge in [-0.15, -0.1) is 0 Å². The molecule has 0 aliphatic rings. The predicted octanol–water partition coefficient (Wildman–Crippen LogP) is 6.35. The lowest BCUT2D eigenvalue weighted by Crippen LogP contribution is -1.99. The second-order valence-corrected chi connectivity index (χ2v) is 6.30. The van der Waals surface area contributed by atoms with Crippen molar-refractivity contribution in [1.29, 1.82) is 5.26 Å². The van der Waals surface area contributed by atoms with Crippen molar-refractivity contribution in [1.82, 2.24) is 0 Å². The summed E-state index contributed by atoms with van der Waals surface area (Å²) in [4.78, 5) is 0. The van der Waals surface area contributed by atoms with Crippen molar-refractivity contribution in [3.8, 4) is 17.6 Å². The molecule has 136 valence electrons. The van der Waals surface area contributed by atoms with Gasteiger partial charge in [-0.05, 0) is 48.4 Å². The van der Waals surface area contributed by atoms with Gasteiger partial charge < -0.3 is 9.47 Å². The standard InChI is InChI=1S/C23H20ClNO2/c1-3-26-22-14-16(13-21(24)23(22)27-4-2)12-18(15-25)20-11-7-9-17-8-5-6-10-19(17)20/h5-14H,3-4H2,1-2H3/b18-12-. The molecule has 0 aliphatic carbocycles. The van der Waals surface area contributed by atoms with Gasteiger partial charge in [-0.25, -0.2) is 0 Å². The zero-order valence-corrected chi connectivity index (χ0v) is 16.1. The van der Waals surface area contributed by atoms with Crippen molar-refractivity contribution in [2.24, 2.45) is 0 Å². The van der Waals surface area contributed by atoms with E-state index in [1.54, 1.807) is 6.07 Å². The van der Waals surface area contributed by atoms with Gasteiger partial charge in [-0.1, -0.05) is 54.1 Å². The molecule has 0 bridgehead atoms. The van der Waals surface area contributed by atoms with Crippen LogP contribution in [0.25, 0.3) is 22.4 Å². The SMILES string of the molecule is CCOc1cc(/C=C(/C#N)c2cccc3ccccc23)cc(Cl)c1OCC. The van der Waals surface area contributed by atoms with E-state index in [0.717, 1.165) is 21.9 Å². The van der Waals surface area contributed by atoms with E-state index >= 15 is 0 Å². The van der Waals surface area contributed by atoms with Crippen molar-refractivity contribution in [2.75, 3.05) is 13.2 Å². The maximum Gasteiger partial charge on any atom is 0.179 e. The first-order valence-electron chi connectivity index (χ1n) is 8.87. The van der Waals surface area contributed by atoms with Gasteiger partial charge in [-0.2, -0.15) is 5.26 Å². The van der Waals surface area contributed by atoms with E-state index in [9.17, 15) is 5.26 Å².